The summed E-state index contributed by atoms with van der Waals surface area (Å²) in [5.74, 6) is -1.58. The molecule has 156 valence electrons. The van der Waals surface area contributed by atoms with Crippen LogP contribution in [0.1, 0.15) is 0 Å². The lowest BCUT2D eigenvalue weighted by Gasteiger charge is -2.16. The fourth-order valence-corrected chi connectivity index (χ4v) is 2.54. The monoisotopic (exact) mass is 414 g/mol. The number of nitrogens with zero attached hydrogens (tertiary/aromatic N) is 3. The summed E-state index contributed by atoms with van der Waals surface area (Å²) in [5.41, 5.74) is 0.949. The number of amides is 2. The largest absolute Gasteiger partial charge is 0.497 e. The van der Waals surface area contributed by atoms with Crippen molar-refractivity contribution in [3.63, 3.8) is 0 Å². The molecular formula is C20H19FN4O5. The third kappa shape index (κ3) is 5.10. The maximum atomic E-state index is 13.0. The van der Waals surface area contributed by atoms with Gasteiger partial charge in [0.1, 0.15) is 18.1 Å². The second kappa shape index (κ2) is 9.03. The van der Waals surface area contributed by atoms with E-state index in [9.17, 15) is 18.8 Å². The van der Waals surface area contributed by atoms with Crippen molar-refractivity contribution in [3.8, 4) is 17.2 Å². The molecule has 1 aromatic heterocycles. The lowest BCUT2D eigenvalue weighted by Crippen LogP contribution is -2.38. The average Bonchev–Trinajstić information content (AvgIpc) is 3.09. The lowest BCUT2D eigenvalue weighted by molar-refractivity contribution is -0.134. The summed E-state index contributed by atoms with van der Waals surface area (Å²) in [4.78, 5) is 37.6. The van der Waals surface area contributed by atoms with Gasteiger partial charge in [-0.25, -0.2) is 9.18 Å². The molecule has 0 atom stereocenters. The summed E-state index contributed by atoms with van der Waals surface area (Å²) in [5, 5.41) is 6.61. The van der Waals surface area contributed by atoms with Crippen molar-refractivity contribution in [3.05, 3.63) is 64.9 Å². The molecule has 0 aliphatic heterocycles. The quantitative estimate of drug-likeness (QED) is 0.631. The number of nitrogens with one attached hydrogen (secondary N) is 1. The number of carbonyl (C=O) groups excluding carboxylic acids is 2. The Morgan fingerprint density at radius 2 is 1.83 bits per heavy atom. The first-order valence-corrected chi connectivity index (χ1v) is 8.87. The number of rotatable bonds is 7. The third-order valence-electron chi connectivity index (χ3n) is 4.16. The van der Waals surface area contributed by atoms with Crippen LogP contribution in [-0.4, -0.2) is 47.2 Å². The summed E-state index contributed by atoms with van der Waals surface area (Å²) in [7, 11) is 2.97. The van der Waals surface area contributed by atoms with Crippen LogP contribution in [0.15, 0.2) is 57.7 Å². The topological polar surface area (TPSA) is 107 Å². The summed E-state index contributed by atoms with van der Waals surface area (Å²) in [6, 6.07) is 11.9. The molecule has 1 N–H and O–H groups in total. The SMILES string of the molecule is COc1ccc(NC(=O)CN(C)C(=O)Cn2nc(-c3ccc(F)cc3)oc2=O)cc1. The minimum atomic E-state index is -0.834. The normalized spacial score (nSPS) is 10.5. The highest BCUT2D eigenvalue weighted by molar-refractivity contribution is 5.94. The Morgan fingerprint density at radius 1 is 1.17 bits per heavy atom. The number of likely N-dealkylation sites (N-methyl/N-ethyl adjacent to an activating group) is 1. The fourth-order valence-electron chi connectivity index (χ4n) is 2.54. The molecule has 0 spiro atoms. The first-order chi connectivity index (χ1) is 14.4. The minimum Gasteiger partial charge on any atom is -0.497 e. The van der Waals surface area contributed by atoms with Gasteiger partial charge in [0.05, 0.1) is 13.7 Å². The molecular weight excluding hydrogens is 395 g/mol. The van der Waals surface area contributed by atoms with Crippen molar-refractivity contribution in [2.45, 2.75) is 6.54 Å². The van der Waals surface area contributed by atoms with Crippen LogP contribution < -0.4 is 15.8 Å². The van der Waals surface area contributed by atoms with E-state index in [1.807, 2.05) is 0 Å². The van der Waals surface area contributed by atoms with E-state index in [4.69, 9.17) is 9.15 Å². The van der Waals surface area contributed by atoms with Crippen LogP contribution in [0, 0.1) is 5.82 Å². The number of methoxy groups -OCH3 is 1. The third-order valence-corrected chi connectivity index (χ3v) is 4.16. The maximum absolute atomic E-state index is 13.0. The summed E-state index contributed by atoms with van der Waals surface area (Å²) in [6.45, 7) is -0.627. The molecule has 2 aromatic carbocycles. The maximum Gasteiger partial charge on any atom is 0.437 e. The zero-order valence-corrected chi connectivity index (χ0v) is 16.3. The van der Waals surface area contributed by atoms with Gasteiger partial charge < -0.3 is 19.4 Å². The van der Waals surface area contributed by atoms with Gasteiger partial charge in [-0.15, -0.1) is 5.10 Å². The molecule has 0 aliphatic carbocycles. The number of carbonyl (C=O) groups is 2. The Morgan fingerprint density at radius 3 is 2.47 bits per heavy atom. The number of aromatic nitrogens is 2. The highest BCUT2D eigenvalue weighted by Gasteiger charge is 2.18. The number of ether oxygens (including phenoxy) is 1. The van der Waals surface area contributed by atoms with Gasteiger partial charge in [-0.05, 0) is 48.5 Å². The lowest BCUT2D eigenvalue weighted by atomic mass is 10.2. The molecule has 0 saturated carbocycles. The van der Waals surface area contributed by atoms with Crippen molar-refractivity contribution in [2.75, 3.05) is 26.0 Å². The van der Waals surface area contributed by atoms with Crippen LogP contribution in [0.25, 0.3) is 11.5 Å². The number of halogens is 1. The number of hydrogen-bond donors (Lipinski definition) is 1. The number of anilines is 1. The molecule has 30 heavy (non-hydrogen) atoms. The molecule has 0 radical (unpaired) electrons. The molecule has 1 heterocycles. The van der Waals surface area contributed by atoms with Gasteiger partial charge in [0.2, 0.25) is 17.7 Å². The van der Waals surface area contributed by atoms with Crippen molar-refractivity contribution in [1.82, 2.24) is 14.7 Å². The first kappa shape index (κ1) is 20.8. The minimum absolute atomic E-state index is 0.0345. The average molecular weight is 414 g/mol. The van der Waals surface area contributed by atoms with Gasteiger partial charge >= 0.3 is 5.76 Å². The van der Waals surface area contributed by atoms with E-state index in [2.05, 4.69) is 10.4 Å². The van der Waals surface area contributed by atoms with Gasteiger partial charge in [0, 0.05) is 18.3 Å². The Kier molecular flexibility index (Phi) is 6.26. The molecule has 3 rings (SSSR count). The molecule has 0 aliphatic rings. The summed E-state index contributed by atoms with van der Waals surface area (Å²) < 4.78 is 23.9. The predicted molar refractivity (Wildman–Crippen MR) is 105 cm³/mol. The van der Waals surface area contributed by atoms with E-state index in [1.165, 1.54) is 38.4 Å². The van der Waals surface area contributed by atoms with E-state index in [0.717, 1.165) is 9.58 Å². The van der Waals surface area contributed by atoms with Crippen molar-refractivity contribution >= 4 is 17.5 Å². The second-order valence-corrected chi connectivity index (χ2v) is 6.36. The van der Waals surface area contributed by atoms with Crippen molar-refractivity contribution in [2.24, 2.45) is 0 Å². The molecule has 0 bridgehead atoms. The predicted octanol–water partition coefficient (Wildman–Crippen LogP) is 1.75. The van der Waals surface area contributed by atoms with E-state index in [1.54, 1.807) is 24.3 Å². The van der Waals surface area contributed by atoms with Crippen LogP contribution in [-0.2, 0) is 16.1 Å². The molecule has 9 nitrogen and oxygen atoms in total. The van der Waals surface area contributed by atoms with Gasteiger partial charge in [-0.3, -0.25) is 9.59 Å². The van der Waals surface area contributed by atoms with Gasteiger partial charge in [0.15, 0.2) is 0 Å². The van der Waals surface area contributed by atoms with Crippen LogP contribution in [0.4, 0.5) is 10.1 Å². The second-order valence-electron chi connectivity index (χ2n) is 6.36. The van der Waals surface area contributed by atoms with Crippen LogP contribution in [0.5, 0.6) is 5.75 Å². The molecule has 2 amide bonds. The highest BCUT2D eigenvalue weighted by Crippen LogP contribution is 2.16. The standard InChI is InChI=1S/C20H19FN4O5/c1-24(11-17(26)22-15-7-9-16(29-2)10-8-15)18(27)12-25-20(28)30-19(23-25)13-3-5-14(21)6-4-13/h3-10H,11-12H2,1-2H3,(H,22,26). The zero-order chi connectivity index (χ0) is 21.7. The smallest absolute Gasteiger partial charge is 0.437 e. The van der Waals surface area contributed by atoms with Gasteiger partial charge in [0.25, 0.3) is 0 Å². The fraction of sp³-hybridized carbons (Fsp3) is 0.200. The Bertz CT molecular complexity index is 1090. The first-order valence-electron chi connectivity index (χ1n) is 8.87. The summed E-state index contributed by atoms with van der Waals surface area (Å²) >= 11 is 0. The van der Waals surface area contributed by atoms with E-state index < -0.39 is 29.9 Å². The van der Waals surface area contributed by atoms with E-state index >= 15 is 0 Å². The van der Waals surface area contributed by atoms with Crippen LogP contribution in [0.3, 0.4) is 0 Å². The van der Waals surface area contributed by atoms with E-state index in [-0.39, 0.29) is 12.4 Å². The van der Waals surface area contributed by atoms with Crippen LogP contribution in [0.2, 0.25) is 0 Å². The van der Waals surface area contributed by atoms with Crippen LogP contribution >= 0.6 is 0 Å². The zero-order valence-electron chi connectivity index (χ0n) is 16.3. The Balaban J connectivity index is 1.59. The molecule has 10 heteroatoms. The number of benzene rings is 2. The number of hydrogen-bond acceptors (Lipinski definition) is 6. The molecule has 0 saturated heterocycles. The van der Waals surface area contributed by atoms with Gasteiger partial charge in [-0.2, -0.15) is 4.68 Å². The summed E-state index contributed by atoms with van der Waals surface area (Å²) in [6.07, 6.45) is 0. The molecule has 0 fully saturated rings. The highest BCUT2D eigenvalue weighted by atomic mass is 19.1. The Labute approximate surface area is 170 Å². The van der Waals surface area contributed by atoms with Gasteiger partial charge in [-0.1, -0.05) is 0 Å². The Hall–Kier alpha value is -3.95. The molecule has 0 unspecified atom stereocenters. The molecule has 3 aromatic rings. The van der Waals surface area contributed by atoms with Crippen molar-refractivity contribution in [1.29, 1.82) is 0 Å². The van der Waals surface area contributed by atoms with Crippen molar-refractivity contribution < 1.29 is 23.1 Å². The van der Waals surface area contributed by atoms with E-state index in [0.29, 0.717) is 17.0 Å².